The number of carboxylic acids is 1. The molecular weight excluding hydrogens is 274 g/mol. The topological polar surface area (TPSA) is 90.9 Å². The Labute approximate surface area is 125 Å². The van der Waals surface area contributed by atoms with Crippen LogP contribution in [-0.2, 0) is 9.53 Å². The van der Waals surface area contributed by atoms with Crippen molar-refractivity contribution in [1.29, 1.82) is 0 Å². The van der Waals surface area contributed by atoms with Gasteiger partial charge in [0.15, 0.2) is 0 Å². The predicted octanol–water partition coefficient (Wildman–Crippen LogP) is 0.402. The Balaban J connectivity index is 1.63. The van der Waals surface area contributed by atoms with Gasteiger partial charge in [-0.2, -0.15) is 0 Å². The number of piperidine rings is 2. The summed E-state index contributed by atoms with van der Waals surface area (Å²) >= 11 is 0. The molecule has 2 unspecified atom stereocenters. The lowest BCUT2D eigenvalue weighted by Crippen LogP contribution is -2.56. The third-order valence-electron chi connectivity index (χ3n) is 4.43. The van der Waals surface area contributed by atoms with Gasteiger partial charge in [0.1, 0.15) is 6.61 Å². The average Bonchev–Trinajstić information content (AvgIpc) is 2.39. The van der Waals surface area contributed by atoms with Gasteiger partial charge in [0.2, 0.25) is 0 Å². The molecule has 2 aliphatic heterocycles. The van der Waals surface area contributed by atoms with Gasteiger partial charge in [0, 0.05) is 24.7 Å². The number of rotatable bonds is 6. The molecule has 2 heterocycles. The van der Waals surface area contributed by atoms with Crippen LogP contribution in [0.4, 0.5) is 4.79 Å². The average molecular weight is 299 g/mol. The van der Waals surface area contributed by atoms with E-state index in [4.69, 9.17) is 9.84 Å². The molecule has 0 radical (unpaired) electrons. The standard InChI is InChI=1S/C14H25N3O4/c1-17-11-3-2-4-12(17)8-10(7-11)16-14(20)15-5-6-21-9-13(18)19/h10-12H,2-9H2,1H3,(H,18,19)(H2,15,16,20). The number of carbonyl (C=O) groups is 2. The lowest BCUT2D eigenvalue weighted by molar-refractivity contribution is -0.142. The summed E-state index contributed by atoms with van der Waals surface area (Å²) in [5, 5.41) is 14.1. The van der Waals surface area contributed by atoms with Crippen molar-refractivity contribution in [1.82, 2.24) is 15.5 Å². The zero-order valence-electron chi connectivity index (χ0n) is 12.5. The monoisotopic (exact) mass is 299 g/mol. The van der Waals surface area contributed by atoms with E-state index in [0.29, 0.717) is 18.6 Å². The van der Waals surface area contributed by atoms with Gasteiger partial charge in [-0.3, -0.25) is 0 Å². The lowest BCUT2D eigenvalue weighted by atomic mass is 9.82. The first-order valence-electron chi connectivity index (χ1n) is 7.62. The SMILES string of the molecule is CN1C2CCCC1CC(NC(=O)NCCOCC(=O)O)C2. The highest BCUT2D eigenvalue weighted by molar-refractivity contribution is 5.74. The van der Waals surface area contributed by atoms with E-state index in [-0.39, 0.29) is 25.3 Å². The van der Waals surface area contributed by atoms with Crippen LogP contribution < -0.4 is 10.6 Å². The molecule has 2 amide bonds. The van der Waals surface area contributed by atoms with Crippen LogP contribution in [0.15, 0.2) is 0 Å². The number of carboxylic acid groups (broad SMARTS) is 1. The van der Waals surface area contributed by atoms with Crippen LogP contribution in [0.3, 0.4) is 0 Å². The number of urea groups is 1. The van der Waals surface area contributed by atoms with Crippen LogP contribution in [0, 0.1) is 0 Å². The lowest BCUT2D eigenvalue weighted by Gasteiger charge is -2.47. The highest BCUT2D eigenvalue weighted by Crippen LogP contribution is 2.32. The molecule has 0 aromatic carbocycles. The van der Waals surface area contributed by atoms with Crippen molar-refractivity contribution >= 4 is 12.0 Å². The number of carbonyl (C=O) groups excluding carboxylic acids is 1. The molecule has 2 bridgehead atoms. The molecule has 0 spiro atoms. The molecule has 0 aromatic rings. The van der Waals surface area contributed by atoms with Crippen molar-refractivity contribution in [3.8, 4) is 0 Å². The first-order valence-corrected chi connectivity index (χ1v) is 7.62. The Hall–Kier alpha value is -1.34. The molecule has 3 N–H and O–H groups in total. The second kappa shape index (κ2) is 7.61. The first-order chi connectivity index (χ1) is 10.1. The maximum absolute atomic E-state index is 11.8. The molecule has 2 fully saturated rings. The van der Waals surface area contributed by atoms with Gasteiger partial charge in [-0.25, -0.2) is 9.59 Å². The minimum absolute atomic E-state index is 0.193. The molecule has 21 heavy (non-hydrogen) atoms. The molecule has 0 aliphatic carbocycles. The Morgan fingerprint density at radius 3 is 2.57 bits per heavy atom. The summed E-state index contributed by atoms with van der Waals surface area (Å²) in [6.07, 6.45) is 5.75. The van der Waals surface area contributed by atoms with Crippen molar-refractivity contribution in [2.45, 2.75) is 50.2 Å². The van der Waals surface area contributed by atoms with E-state index in [2.05, 4.69) is 22.6 Å². The number of hydrogen-bond donors (Lipinski definition) is 3. The van der Waals surface area contributed by atoms with Gasteiger partial charge in [0.25, 0.3) is 0 Å². The summed E-state index contributed by atoms with van der Waals surface area (Å²) in [6.45, 7) is 0.193. The van der Waals surface area contributed by atoms with E-state index < -0.39 is 5.97 Å². The van der Waals surface area contributed by atoms with Crippen molar-refractivity contribution in [3.63, 3.8) is 0 Å². The van der Waals surface area contributed by atoms with Crippen molar-refractivity contribution in [2.75, 3.05) is 26.8 Å². The maximum Gasteiger partial charge on any atom is 0.329 e. The van der Waals surface area contributed by atoms with E-state index in [1.54, 1.807) is 0 Å². The summed E-state index contributed by atoms with van der Waals surface area (Å²) in [4.78, 5) is 24.5. The fraction of sp³-hybridized carbons (Fsp3) is 0.857. The number of nitrogens with zero attached hydrogens (tertiary/aromatic N) is 1. The fourth-order valence-corrected chi connectivity index (χ4v) is 3.37. The molecule has 2 rings (SSSR count). The van der Waals surface area contributed by atoms with Crippen LogP contribution in [0.25, 0.3) is 0 Å². The first kappa shape index (κ1) is 16.0. The number of nitrogens with one attached hydrogen (secondary N) is 2. The van der Waals surface area contributed by atoms with Crippen LogP contribution in [0.1, 0.15) is 32.1 Å². The summed E-state index contributed by atoms with van der Waals surface area (Å²) in [7, 11) is 2.19. The minimum Gasteiger partial charge on any atom is -0.480 e. The molecule has 0 saturated carbocycles. The van der Waals surface area contributed by atoms with Crippen LogP contribution in [0.5, 0.6) is 0 Å². The van der Waals surface area contributed by atoms with Gasteiger partial charge >= 0.3 is 12.0 Å². The number of hydrogen-bond acceptors (Lipinski definition) is 4. The fourth-order valence-electron chi connectivity index (χ4n) is 3.37. The van der Waals surface area contributed by atoms with Crippen LogP contribution in [-0.4, -0.2) is 66.9 Å². The Kier molecular flexibility index (Phi) is 5.81. The zero-order valence-corrected chi connectivity index (χ0v) is 12.5. The van der Waals surface area contributed by atoms with Gasteiger partial charge < -0.3 is 25.4 Å². The summed E-state index contributed by atoms with van der Waals surface area (Å²) in [6, 6.07) is 1.21. The number of amides is 2. The normalized spacial score (nSPS) is 28.9. The third-order valence-corrected chi connectivity index (χ3v) is 4.43. The van der Waals surface area contributed by atoms with Crippen LogP contribution in [0.2, 0.25) is 0 Å². The van der Waals surface area contributed by atoms with E-state index >= 15 is 0 Å². The molecule has 2 atom stereocenters. The van der Waals surface area contributed by atoms with Gasteiger partial charge in [0.05, 0.1) is 6.61 Å². The third kappa shape index (κ3) is 4.86. The molecule has 7 nitrogen and oxygen atoms in total. The molecule has 2 aliphatic rings. The second-order valence-electron chi connectivity index (χ2n) is 5.92. The molecule has 0 aromatic heterocycles. The van der Waals surface area contributed by atoms with E-state index in [0.717, 1.165) is 12.8 Å². The van der Waals surface area contributed by atoms with E-state index in [1.165, 1.54) is 19.3 Å². The van der Waals surface area contributed by atoms with Gasteiger partial charge in [-0.15, -0.1) is 0 Å². The molecular formula is C14H25N3O4. The highest BCUT2D eigenvalue weighted by Gasteiger charge is 2.36. The Morgan fingerprint density at radius 2 is 1.95 bits per heavy atom. The smallest absolute Gasteiger partial charge is 0.329 e. The molecule has 7 heteroatoms. The van der Waals surface area contributed by atoms with Crippen molar-refractivity contribution in [3.05, 3.63) is 0 Å². The minimum atomic E-state index is -1.00. The maximum atomic E-state index is 11.8. The largest absolute Gasteiger partial charge is 0.480 e. The quantitative estimate of drug-likeness (QED) is 0.618. The summed E-state index contributed by atoms with van der Waals surface area (Å²) in [5.41, 5.74) is 0. The van der Waals surface area contributed by atoms with E-state index in [1.807, 2.05) is 0 Å². The predicted molar refractivity (Wildman–Crippen MR) is 77.2 cm³/mol. The summed E-state index contributed by atoms with van der Waals surface area (Å²) in [5.74, 6) is -1.00. The number of ether oxygens (including phenoxy) is 1. The van der Waals surface area contributed by atoms with Crippen molar-refractivity contribution < 1.29 is 19.4 Å². The van der Waals surface area contributed by atoms with Gasteiger partial charge in [-0.1, -0.05) is 6.42 Å². The van der Waals surface area contributed by atoms with E-state index in [9.17, 15) is 9.59 Å². The Morgan fingerprint density at radius 1 is 1.29 bits per heavy atom. The van der Waals surface area contributed by atoms with Crippen molar-refractivity contribution in [2.24, 2.45) is 0 Å². The highest BCUT2D eigenvalue weighted by atomic mass is 16.5. The Bertz CT molecular complexity index is 363. The summed E-state index contributed by atoms with van der Waals surface area (Å²) < 4.78 is 4.86. The molecule has 120 valence electrons. The van der Waals surface area contributed by atoms with Crippen LogP contribution >= 0.6 is 0 Å². The molecule has 2 saturated heterocycles. The van der Waals surface area contributed by atoms with Gasteiger partial charge in [-0.05, 0) is 32.7 Å². The zero-order chi connectivity index (χ0) is 15.2. The number of fused-ring (bicyclic) bond motifs is 2. The second-order valence-corrected chi connectivity index (χ2v) is 5.92. The number of aliphatic carboxylic acids is 1.